The van der Waals surface area contributed by atoms with E-state index in [1.54, 1.807) is 24.3 Å². The fraction of sp³-hybridized carbons (Fsp3) is 0.400. The van der Waals surface area contributed by atoms with Crippen LogP contribution in [0.1, 0.15) is 41.7 Å². The minimum Gasteiger partial charge on any atom is -0.481 e. The molecule has 1 heterocycles. The van der Waals surface area contributed by atoms with Crippen molar-refractivity contribution in [1.82, 2.24) is 10.2 Å². The van der Waals surface area contributed by atoms with Crippen LogP contribution in [0.15, 0.2) is 53.5 Å². The van der Waals surface area contributed by atoms with Crippen molar-refractivity contribution in [3.05, 3.63) is 59.7 Å². The molecule has 1 saturated heterocycles. The molecule has 0 radical (unpaired) electrons. The number of ether oxygens (including phenoxy) is 3. The number of amidine groups is 1. The van der Waals surface area contributed by atoms with E-state index in [1.165, 1.54) is 24.3 Å². The number of benzene rings is 2. The summed E-state index contributed by atoms with van der Waals surface area (Å²) in [6.45, 7) is 3.89. The lowest BCUT2D eigenvalue weighted by Crippen LogP contribution is -2.30. The number of nitrogens with one attached hydrogen (secondary N) is 1. The number of carboxylic acid groups (broad SMARTS) is 1. The van der Waals surface area contributed by atoms with Crippen molar-refractivity contribution < 1.29 is 42.1 Å². The highest BCUT2D eigenvalue weighted by molar-refractivity contribution is 5.94. The van der Waals surface area contributed by atoms with Gasteiger partial charge in [-0.05, 0) is 55.3 Å². The number of hydrogen-bond donors (Lipinski definition) is 2. The second kappa shape index (κ2) is 12.9. The molecule has 9 nitrogen and oxygen atoms in total. The largest absolute Gasteiger partial charge is 0.573 e. The zero-order chi connectivity index (χ0) is 26.8. The van der Waals surface area contributed by atoms with Crippen molar-refractivity contribution in [2.75, 3.05) is 32.9 Å². The van der Waals surface area contributed by atoms with Crippen LogP contribution < -0.4 is 10.1 Å². The Kier molecular flexibility index (Phi) is 9.72. The van der Waals surface area contributed by atoms with Crippen molar-refractivity contribution in [1.29, 1.82) is 0 Å². The highest BCUT2D eigenvalue weighted by atomic mass is 19.4. The molecule has 0 spiro atoms. The molecule has 2 aromatic carbocycles. The topological polar surface area (TPSA) is 110 Å². The quantitative estimate of drug-likeness (QED) is 0.400. The molecule has 37 heavy (non-hydrogen) atoms. The Balaban J connectivity index is 1.74. The number of aliphatic carboxylic acids is 1. The molecule has 0 aromatic heterocycles. The van der Waals surface area contributed by atoms with E-state index in [-0.39, 0.29) is 37.3 Å². The van der Waals surface area contributed by atoms with Crippen LogP contribution in [-0.2, 0) is 14.3 Å². The maximum Gasteiger partial charge on any atom is 0.573 e. The first kappa shape index (κ1) is 27.8. The molecule has 0 saturated carbocycles. The molecule has 1 aliphatic rings. The maximum atomic E-state index is 12.4. The molecule has 12 heteroatoms. The Bertz CT molecular complexity index is 1070. The SMILES string of the molecule is CCOCCCN1/C(=N/c2ccc(OC(F)(F)F)cc2)OCC1c1ccc(C(=O)NCCC(=O)O)cc1. The number of halogens is 3. The molecule has 0 bridgehead atoms. The minimum absolute atomic E-state index is 0.0309. The monoisotopic (exact) mass is 523 g/mol. The number of carboxylic acids is 1. The third-order valence-corrected chi connectivity index (χ3v) is 5.36. The summed E-state index contributed by atoms with van der Waals surface area (Å²) in [5.41, 5.74) is 1.66. The Hall–Kier alpha value is -3.80. The molecular weight excluding hydrogens is 495 g/mol. The molecule has 200 valence electrons. The summed E-state index contributed by atoms with van der Waals surface area (Å²) >= 11 is 0. The Morgan fingerprint density at radius 2 is 1.86 bits per heavy atom. The molecule has 1 amide bonds. The number of amides is 1. The van der Waals surface area contributed by atoms with Gasteiger partial charge in [0.2, 0.25) is 0 Å². The molecule has 1 atom stereocenters. The van der Waals surface area contributed by atoms with Gasteiger partial charge < -0.3 is 29.5 Å². The van der Waals surface area contributed by atoms with E-state index < -0.39 is 12.3 Å². The van der Waals surface area contributed by atoms with Crippen molar-refractivity contribution in [2.24, 2.45) is 4.99 Å². The highest BCUT2D eigenvalue weighted by Crippen LogP contribution is 2.31. The first-order valence-corrected chi connectivity index (χ1v) is 11.7. The smallest absolute Gasteiger partial charge is 0.481 e. The van der Waals surface area contributed by atoms with Gasteiger partial charge in [0.1, 0.15) is 12.4 Å². The normalized spacial score (nSPS) is 16.5. The zero-order valence-corrected chi connectivity index (χ0v) is 20.2. The summed E-state index contributed by atoms with van der Waals surface area (Å²) in [7, 11) is 0. The molecule has 2 N–H and O–H groups in total. The fourth-order valence-electron chi connectivity index (χ4n) is 3.64. The third-order valence-electron chi connectivity index (χ3n) is 5.36. The lowest BCUT2D eigenvalue weighted by molar-refractivity contribution is -0.274. The van der Waals surface area contributed by atoms with Gasteiger partial charge in [-0.2, -0.15) is 4.99 Å². The average Bonchev–Trinajstić information content (AvgIpc) is 3.24. The van der Waals surface area contributed by atoms with Crippen LogP contribution in [0.5, 0.6) is 5.75 Å². The number of hydrogen-bond acceptors (Lipinski definition) is 6. The molecule has 1 fully saturated rings. The van der Waals surface area contributed by atoms with Crippen LogP contribution in [0.4, 0.5) is 18.9 Å². The Labute approximate surface area is 211 Å². The number of carbonyl (C=O) groups is 2. The van der Waals surface area contributed by atoms with Crippen molar-refractivity contribution >= 4 is 23.6 Å². The standard InChI is InChI=1S/C25H28F3N3O6/c1-2-35-15-3-14-31-21(17-4-6-18(7-5-17)23(34)29-13-12-22(32)33)16-36-24(31)30-19-8-10-20(11-9-19)37-25(26,27)28/h4-11,21H,2-3,12-16H2,1H3,(H,29,34)(H,32,33)/b30-24-. The van der Waals surface area contributed by atoms with Crippen LogP contribution in [0.3, 0.4) is 0 Å². The van der Waals surface area contributed by atoms with Crippen LogP contribution in [0.2, 0.25) is 0 Å². The summed E-state index contributed by atoms with van der Waals surface area (Å²) < 4.78 is 52.4. The van der Waals surface area contributed by atoms with E-state index in [2.05, 4.69) is 15.0 Å². The van der Waals surface area contributed by atoms with Gasteiger partial charge in [0.15, 0.2) is 0 Å². The van der Waals surface area contributed by atoms with Gasteiger partial charge in [-0.25, -0.2) is 0 Å². The lowest BCUT2D eigenvalue weighted by atomic mass is 10.0. The summed E-state index contributed by atoms with van der Waals surface area (Å²) in [5, 5.41) is 11.3. The Morgan fingerprint density at radius 3 is 2.49 bits per heavy atom. The first-order chi connectivity index (χ1) is 17.7. The van der Waals surface area contributed by atoms with E-state index in [0.717, 1.165) is 5.56 Å². The van der Waals surface area contributed by atoms with Gasteiger partial charge in [0.25, 0.3) is 11.9 Å². The second-order valence-electron chi connectivity index (χ2n) is 8.03. The minimum atomic E-state index is -4.78. The van der Waals surface area contributed by atoms with Gasteiger partial charge in [0.05, 0.1) is 18.2 Å². The number of nitrogens with zero attached hydrogens (tertiary/aromatic N) is 2. The molecule has 1 aliphatic heterocycles. The van der Waals surface area contributed by atoms with Crippen LogP contribution in [0, 0.1) is 0 Å². The van der Waals surface area contributed by atoms with E-state index in [4.69, 9.17) is 14.6 Å². The molecule has 1 unspecified atom stereocenters. The number of aliphatic imine (C=N–C) groups is 1. The van der Waals surface area contributed by atoms with Gasteiger partial charge in [0, 0.05) is 31.9 Å². The van der Waals surface area contributed by atoms with E-state index in [1.807, 2.05) is 11.8 Å². The van der Waals surface area contributed by atoms with Crippen LogP contribution >= 0.6 is 0 Å². The number of rotatable bonds is 12. The van der Waals surface area contributed by atoms with Gasteiger partial charge in [-0.15, -0.1) is 13.2 Å². The van der Waals surface area contributed by atoms with Gasteiger partial charge >= 0.3 is 12.3 Å². The van der Waals surface area contributed by atoms with Crippen molar-refractivity contribution in [3.63, 3.8) is 0 Å². The predicted octanol–water partition coefficient (Wildman–Crippen LogP) is 4.28. The van der Waals surface area contributed by atoms with Crippen LogP contribution in [-0.4, -0.2) is 67.2 Å². The molecule has 3 rings (SSSR count). The number of carbonyl (C=O) groups excluding carboxylic acids is 1. The first-order valence-electron chi connectivity index (χ1n) is 11.7. The molecule has 0 aliphatic carbocycles. The summed E-state index contributed by atoms with van der Waals surface area (Å²) in [6.07, 6.45) is -4.25. The van der Waals surface area contributed by atoms with Gasteiger partial charge in [-0.1, -0.05) is 12.1 Å². The lowest BCUT2D eigenvalue weighted by Gasteiger charge is -2.24. The average molecular weight is 524 g/mol. The Morgan fingerprint density at radius 1 is 1.16 bits per heavy atom. The molecule has 2 aromatic rings. The van der Waals surface area contributed by atoms with E-state index in [0.29, 0.717) is 43.5 Å². The van der Waals surface area contributed by atoms with Crippen LogP contribution in [0.25, 0.3) is 0 Å². The summed E-state index contributed by atoms with van der Waals surface area (Å²) in [5.74, 6) is -1.71. The van der Waals surface area contributed by atoms with Crippen molar-refractivity contribution in [2.45, 2.75) is 32.2 Å². The van der Waals surface area contributed by atoms with E-state index in [9.17, 15) is 22.8 Å². The summed E-state index contributed by atoms with van der Waals surface area (Å²) in [6, 6.07) is 12.2. The second-order valence-corrected chi connectivity index (χ2v) is 8.03. The third kappa shape index (κ3) is 8.67. The molecular formula is C25H28F3N3O6. The van der Waals surface area contributed by atoms with Crippen molar-refractivity contribution in [3.8, 4) is 5.75 Å². The predicted molar refractivity (Wildman–Crippen MR) is 128 cm³/mol. The zero-order valence-electron chi connectivity index (χ0n) is 20.2. The van der Waals surface area contributed by atoms with E-state index >= 15 is 0 Å². The fourth-order valence-corrected chi connectivity index (χ4v) is 3.64. The van der Waals surface area contributed by atoms with Gasteiger partial charge in [-0.3, -0.25) is 9.59 Å². The number of alkyl halides is 3. The highest BCUT2D eigenvalue weighted by Gasteiger charge is 2.33. The summed E-state index contributed by atoms with van der Waals surface area (Å²) in [4.78, 5) is 29.3. The maximum absolute atomic E-state index is 12.4.